The largest absolute Gasteiger partial charge is 0.465 e. The summed E-state index contributed by atoms with van der Waals surface area (Å²) in [5, 5.41) is 1.87. The maximum Gasteiger partial charge on any atom is 0.337 e. The molecule has 3 aromatic rings. The second-order valence-corrected chi connectivity index (χ2v) is 7.73. The lowest BCUT2D eigenvalue weighted by Crippen LogP contribution is -2.28. The molecule has 33 heavy (non-hydrogen) atoms. The van der Waals surface area contributed by atoms with E-state index in [9.17, 15) is 9.59 Å². The molecule has 0 spiro atoms. The van der Waals surface area contributed by atoms with Crippen LogP contribution < -0.4 is 26.9 Å². The van der Waals surface area contributed by atoms with Gasteiger partial charge in [-0.25, -0.2) is 10.6 Å². The quantitative estimate of drug-likeness (QED) is 0.307. The second kappa shape index (κ2) is 9.76. The van der Waals surface area contributed by atoms with Crippen LogP contribution >= 0.6 is 0 Å². The molecule has 1 aliphatic heterocycles. The average Bonchev–Trinajstić information content (AvgIpc) is 3.13. The molecular weight excluding hydrogens is 422 g/mol. The fraction of sp³-hybridized carbons (Fsp3) is 0.250. The van der Waals surface area contributed by atoms with Crippen molar-refractivity contribution in [2.75, 3.05) is 43.3 Å². The molecule has 2 heterocycles. The lowest BCUT2D eigenvalue weighted by Gasteiger charge is -2.22. The van der Waals surface area contributed by atoms with Gasteiger partial charge in [-0.2, -0.15) is 0 Å². The monoisotopic (exact) mass is 449 g/mol. The van der Waals surface area contributed by atoms with E-state index in [0.29, 0.717) is 53.2 Å². The van der Waals surface area contributed by atoms with Crippen molar-refractivity contribution in [1.29, 1.82) is 0 Å². The van der Waals surface area contributed by atoms with E-state index < -0.39 is 5.97 Å². The molecule has 1 saturated heterocycles. The van der Waals surface area contributed by atoms with Gasteiger partial charge in [-0.3, -0.25) is 9.80 Å². The molecule has 0 bridgehead atoms. The number of esters is 1. The fourth-order valence-corrected chi connectivity index (χ4v) is 3.86. The number of methoxy groups -OCH3 is 1. The van der Waals surface area contributed by atoms with Crippen LogP contribution in [0.3, 0.4) is 0 Å². The van der Waals surface area contributed by atoms with Crippen LogP contribution in [0.15, 0.2) is 59.5 Å². The Balaban J connectivity index is 1.71. The summed E-state index contributed by atoms with van der Waals surface area (Å²) in [4.78, 5) is 30.2. The molecule has 0 unspecified atom stereocenters. The van der Waals surface area contributed by atoms with Gasteiger partial charge in [0.2, 0.25) is 0 Å². The van der Waals surface area contributed by atoms with Crippen molar-refractivity contribution in [3.05, 3.63) is 76.1 Å². The molecule has 0 atom stereocenters. The fourth-order valence-electron chi connectivity index (χ4n) is 3.86. The number of anilines is 2. The minimum absolute atomic E-state index is 0.0889. The molecule has 0 aliphatic carbocycles. The standard InChI is InChI=1S/C24H27N5O4/c1-32-24(31)16-5-2-6-17(13-16)29(26)15-20(25)18-7-3-8-19-21(30)14-22(27-23(18)19)28-9-4-11-33-12-10-28/h2-3,5-8,13-15H,4,9-12,25-26H2,1H3,(H,27,30)/b20-15-. The summed E-state index contributed by atoms with van der Waals surface area (Å²) in [5.41, 5.74) is 8.90. The third kappa shape index (κ3) is 4.84. The van der Waals surface area contributed by atoms with Gasteiger partial charge in [0.25, 0.3) is 0 Å². The summed E-state index contributed by atoms with van der Waals surface area (Å²) in [6.45, 7) is 2.80. The van der Waals surface area contributed by atoms with Crippen LogP contribution in [-0.4, -0.2) is 44.4 Å². The van der Waals surface area contributed by atoms with Crippen LogP contribution in [0.25, 0.3) is 16.6 Å². The smallest absolute Gasteiger partial charge is 0.337 e. The molecular formula is C24H27N5O4. The molecule has 1 aromatic heterocycles. The number of nitrogens with zero attached hydrogens (tertiary/aromatic N) is 2. The van der Waals surface area contributed by atoms with Crippen molar-refractivity contribution in [1.82, 2.24) is 4.98 Å². The number of nitrogens with two attached hydrogens (primary N) is 2. The van der Waals surface area contributed by atoms with E-state index in [1.807, 2.05) is 6.07 Å². The number of H-pyrrole nitrogens is 1. The van der Waals surface area contributed by atoms with E-state index in [1.165, 1.54) is 12.1 Å². The van der Waals surface area contributed by atoms with Gasteiger partial charge < -0.3 is 25.1 Å². The zero-order valence-corrected chi connectivity index (χ0v) is 18.4. The van der Waals surface area contributed by atoms with Crippen molar-refractivity contribution in [2.24, 2.45) is 11.6 Å². The first kappa shape index (κ1) is 22.4. The number of hydrazine groups is 1. The van der Waals surface area contributed by atoms with Crippen LogP contribution in [0.2, 0.25) is 0 Å². The Bertz CT molecular complexity index is 1250. The van der Waals surface area contributed by atoms with Gasteiger partial charge in [0.05, 0.1) is 36.2 Å². The first-order valence-electron chi connectivity index (χ1n) is 10.7. The van der Waals surface area contributed by atoms with Gasteiger partial charge in [-0.15, -0.1) is 0 Å². The van der Waals surface area contributed by atoms with Crippen LogP contribution in [0, 0.1) is 0 Å². The highest BCUT2D eigenvalue weighted by atomic mass is 16.5. The van der Waals surface area contributed by atoms with E-state index >= 15 is 0 Å². The number of para-hydroxylation sites is 1. The number of ether oxygens (including phenoxy) is 2. The number of pyridine rings is 1. The van der Waals surface area contributed by atoms with Crippen molar-refractivity contribution in [2.45, 2.75) is 6.42 Å². The van der Waals surface area contributed by atoms with Gasteiger partial charge in [0.1, 0.15) is 5.82 Å². The first-order valence-corrected chi connectivity index (χ1v) is 10.7. The molecule has 0 saturated carbocycles. The number of carbonyl (C=O) groups excluding carboxylic acids is 1. The maximum atomic E-state index is 12.9. The SMILES string of the molecule is COC(=O)c1cccc(N(N)/C=C(\N)c2cccc3c(=O)cc(N4CCCOCC4)[nH]c23)c1. The third-order valence-electron chi connectivity index (χ3n) is 5.57. The molecule has 2 aromatic carbocycles. The highest BCUT2D eigenvalue weighted by Crippen LogP contribution is 2.24. The lowest BCUT2D eigenvalue weighted by molar-refractivity contribution is 0.0601. The van der Waals surface area contributed by atoms with Crippen molar-refractivity contribution in [3.8, 4) is 0 Å². The number of carbonyl (C=O) groups is 1. The van der Waals surface area contributed by atoms with Crippen LogP contribution in [0.5, 0.6) is 0 Å². The molecule has 4 rings (SSSR count). The van der Waals surface area contributed by atoms with Crippen LogP contribution in [0.4, 0.5) is 11.5 Å². The molecule has 1 fully saturated rings. The predicted octanol–water partition coefficient (Wildman–Crippen LogP) is 2.18. The van der Waals surface area contributed by atoms with Gasteiger partial charge in [-0.1, -0.05) is 18.2 Å². The van der Waals surface area contributed by atoms with Crippen LogP contribution in [-0.2, 0) is 9.47 Å². The summed E-state index contributed by atoms with van der Waals surface area (Å²) in [6.07, 6.45) is 2.44. The Labute approximate surface area is 191 Å². The highest BCUT2D eigenvalue weighted by molar-refractivity contribution is 5.92. The number of aromatic amines is 1. The molecule has 172 valence electrons. The third-order valence-corrected chi connectivity index (χ3v) is 5.57. The van der Waals surface area contributed by atoms with E-state index in [0.717, 1.165) is 18.8 Å². The van der Waals surface area contributed by atoms with Gasteiger partial charge >= 0.3 is 5.97 Å². The number of aromatic nitrogens is 1. The summed E-state index contributed by atoms with van der Waals surface area (Å²) in [5.74, 6) is 6.48. The number of hydrogen-bond acceptors (Lipinski definition) is 8. The predicted molar refractivity (Wildman–Crippen MR) is 129 cm³/mol. The summed E-state index contributed by atoms with van der Waals surface area (Å²) < 4.78 is 10.3. The first-order chi connectivity index (χ1) is 16.0. The normalized spacial score (nSPS) is 14.7. The van der Waals surface area contributed by atoms with E-state index in [1.54, 1.807) is 48.7 Å². The Morgan fingerprint density at radius 1 is 1.18 bits per heavy atom. The number of hydrogen-bond donors (Lipinski definition) is 3. The van der Waals surface area contributed by atoms with Crippen molar-refractivity contribution >= 4 is 34.1 Å². The summed E-state index contributed by atoms with van der Waals surface area (Å²) in [6, 6.07) is 13.7. The highest BCUT2D eigenvalue weighted by Gasteiger charge is 2.15. The van der Waals surface area contributed by atoms with Crippen LogP contribution in [0.1, 0.15) is 22.3 Å². The minimum Gasteiger partial charge on any atom is -0.465 e. The van der Waals surface area contributed by atoms with Gasteiger partial charge in [-0.05, 0) is 30.7 Å². The van der Waals surface area contributed by atoms with E-state index in [4.69, 9.17) is 21.1 Å². The second-order valence-electron chi connectivity index (χ2n) is 7.73. The molecule has 1 aliphatic rings. The Kier molecular flexibility index (Phi) is 6.62. The van der Waals surface area contributed by atoms with Gasteiger partial charge in [0.15, 0.2) is 5.43 Å². The van der Waals surface area contributed by atoms with Crippen molar-refractivity contribution in [3.63, 3.8) is 0 Å². The Hall–Kier alpha value is -3.82. The minimum atomic E-state index is -0.458. The zero-order valence-electron chi connectivity index (χ0n) is 18.4. The number of rotatable bonds is 5. The number of benzene rings is 2. The summed E-state index contributed by atoms with van der Waals surface area (Å²) in [7, 11) is 1.32. The maximum absolute atomic E-state index is 12.9. The van der Waals surface area contributed by atoms with Gasteiger partial charge in [0, 0.05) is 42.9 Å². The number of fused-ring (bicyclic) bond motifs is 1. The molecule has 9 nitrogen and oxygen atoms in total. The average molecular weight is 450 g/mol. The lowest BCUT2D eigenvalue weighted by atomic mass is 10.1. The number of nitrogens with one attached hydrogen (secondary N) is 1. The molecule has 0 amide bonds. The summed E-state index contributed by atoms with van der Waals surface area (Å²) >= 11 is 0. The Morgan fingerprint density at radius 3 is 2.82 bits per heavy atom. The van der Waals surface area contributed by atoms with Crippen molar-refractivity contribution < 1.29 is 14.3 Å². The zero-order chi connectivity index (χ0) is 23.4. The Morgan fingerprint density at radius 2 is 2.00 bits per heavy atom. The molecule has 9 heteroatoms. The van der Waals surface area contributed by atoms with E-state index in [-0.39, 0.29) is 5.43 Å². The molecule has 5 N–H and O–H groups in total. The van der Waals surface area contributed by atoms with E-state index in [2.05, 4.69) is 9.88 Å². The molecule has 0 radical (unpaired) electrons. The topological polar surface area (TPSA) is 127 Å².